The normalized spacial score (nSPS) is 26.7. The van der Waals surface area contributed by atoms with Crippen molar-refractivity contribution in [3.8, 4) is 0 Å². The van der Waals surface area contributed by atoms with E-state index >= 15 is 0 Å². The van der Waals surface area contributed by atoms with Crippen molar-refractivity contribution in [1.82, 2.24) is 20.4 Å². The van der Waals surface area contributed by atoms with Crippen molar-refractivity contribution in [2.45, 2.75) is 62.6 Å². The number of fused-ring (bicyclic) bond motifs is 1. The summed E-state index contributed by atoms with van der Waals surface area (Å²) in [6, 6.07) is 13.9. The Morgan fingerprint density at radius 1 is 0.850 bits per heavy atom. The second-order valence-electron chi connectivity index (χ2n) is 10.4. The highest BCUT2D eigenvalue weighted by Crippen LogP contribution is 2.27. The van der Waals surface area contributed by atoms with E-state index in [1.165, 1.54) is 4.90 Å². The standard InChI is InChI=1S/C29H32N4O7/c34-24-15-22(29(39)40-24)31-26(36)23-17-32(27(37)19-11-5-2-6-12-19)16-20-13-7-8-14-21(28(38)33(20)23)30-25(35)18-9-3-1-4-10-18/h1-6,9-12,20-23,29,39H,7-8,13-17H2,(H,30,35)(H,31,36)/t20-,21-,22?,23-,29?/m0/s1. The quantitative estimate of drug-likeness (QED) is 0.470. The average molecular weight is 549 g/mol. The van der Waals surface area contributed by atoms with Crippen molar-refractivity contribution in [2.75, 3.05) is 13.1 Å². The number of amides is 4. The second kappa shape index (κ2) is 11.9. The molecule has 2 unspecified atom stereocenters. The maximum Gasteiger partial charge on any atom is 0.310 e. The fraction of sp³-hybridized carbons (Fsp3) is 0.414. The number of carbonyl (C=O) groups is 5. The van der Waals surface area contributed by atoms with Crippen LogP contribution in [0.3, 0.4) is 0 Å². The predicted molar refractivity (Wildman–Crippen MR) is 142 cm³/mol. The number of rotatable bonds is 5. The van der Waals surface area contributed by atoms with E-state index < -0.39 is 48.2 Å². The van der Waals surface area contributed by atoms with Gasteiger partial charge in [0, 0.05) is 17.7 Å². The van der Waals surface area contributed by atoms with Crippen LogP contribution in [0.25, 0.3) is 0 Å². The Hall–Kier alpha value is -4.25. The first-order valence-electron chi connectivity index (χ1n) is 13.5. The maximum absolute atomic E-state index is 14.0. The zero-order valence-corrected chi connectivity index (χ0v) is 21.9. The third kappa shape index (κ3) is 5.84. The number of nitrogens with one attached hydrogen (secondary N) is 2. The predicted octanol–water partition coefficient (Wildman–Crippen LogP) is 0.831. The monoisotopic (exact) mass is 548 g/mol. The summed E-state index contributed by atoms with van der Waals surface area (Å²) in [5.41, 5.74) is 0.881. The Kier molecular flexibility index (Phi) is 8.11. The number of hydrogen-bond donors (Lipinski definition) is 3. The number of aliphatic hydroxyl groups is 1. The number of benzene rings is 2. The Labute approximate surface area is 231 Å². The summed E-state index contributed by atoms with van der Waals surface area (Å²) in [6.07, 6.45) is 0.690. The molecule has 0 aliphatic carbocycles. The van der Waals surface area contributed by atoms with Gasteiger partial charge in [0.1, 0.15) is 18.1 Å². The average Bonchev–Trinajstić information content (AvgIpc) is 3.29. The largest absolute Gasteiger partial charge is 0.434 e. The van der Waals surface area contributed by atoms with Crippen LogP contribution in [0.4, 0.5) is 0 Å². The minimum atomic E-state index is -1.50. The summed E-state index contributed by atoms with van der Waals surface area (Å²) in [4.78, 5) is 68.7. The molecule has 40 heavy (non-hydrogen) atoms. The van der Waals surface area contributed by atoms with Crippen LogP contribution >= 0.6 is 0 Å². The Bertz CT molecular complexity index is 1270. The van der Waals surface area contributed by atoms with Gasteiger partial charge in [-0.15, -0.1) is 0 Å². The van der Waals surface area contributed by atoms with Gasteiger partial charge in [-0.1, -0.05) is 49.2 Å². The Morgan fingerprint density at radius 3 is 2.15 bits per heavy atom. The number of aliphatic hydroxyl groups excluding tert-OH is 1. The number of hydrogen-bond acceptors (Lipinski definition) is 7. The van der Waals surface area contributed by atoms with Crippen LogP contribution < -0.4 is 10.6 Å². The molecule has 3 fully saturated rings. The summed E-state index contributed by atoms with van der Waals surface area (Å²) in [5.74, 6) is -2.31. The highest BCUT2D eigenvalue weighted by Gasteiger charge is 2.46. The van der Waals surface area contributed by atoms with Crippen molar-refractivity contribution in [3.63, 3.8) is 0 Å². The van der Waals surface area contributed by atoms with Gasteiger partial charge in [-0.05, 0) is 37.1 Å². The van der Waals surface area contributed by atoms with E-state index in [0.29, 0.717) is 30.4 Å². The number of carbonyl (C=O) groups excluding carboxylic acids is 5. The number of ether oxygens (including phenoxy) is 1. The van der Waals surface area contributed by atoms with Crippen LogP contribution in [0, 0.1) is 0 Å². The minimum absolute atomic E-state index is 0.0846. The molecule has 3 N–H and O–H groups in total. The van der Waals surface area contributed by atoms with Gasteiger partial charge < -0.3 is 30.3 Å². The molecule has 210 valence electrons. The molecule has 3 saturated heterocycles. The van der Waals surface area contributed by atoms with Gasteiger partial charge in [0.2, 0.25) is 18.1 Å². The molecule has 0 aromatic heterocycles. The number of nitrogens with zero attached hydrogens (tertiary/aromatic N) is 2. The molecule has 0 radical (unpaired) electrons. The summed E-state index contributed by atoms with van der Waals surface area (Å²) in [6.45, 7) is 0.148. The topological polar surface area (TPSA) is 145 Å². The van der Waals surface area contributed by atoms with E-state index in [1.54, 1.807) is 65.6 Å². The lowest BCUT2D eigenvalue weighted by molar-refractivity contribution is -0.156. The van der Waals surface area contributed by atoms with Crippen molar-refractivity contribution >= 4 is 29.6 Å². The molecule has 0 bridgehead atoms. The summed E-state index contributed by atoms with van der Waals surface area (Å²) >= 11 is 0. The molecule has 0 spiro atoms. The lowest BCUT2D eigenvalue weighted by Crippen LogP contribution is -2.69. The third-order valence-electron chi connectivity index (χ3n) is 7.65. The molecule has 2 aromatic rings. The first kappa shape index (κ1) is 27.3. The summed E-state index contributed by atoms with van der Waals surface area (Å²) in [5, 5.41) is 15.6. The zero-order chi connectivity index (χ0) is 28.2. The first-order valence-corrected chi connectivity index (χ1v) is 13.5. The molecule has 2 aromatic carbocycles. The molecule has 3 aliphatic heterocycles. The van der Waals surface area contributed by atoms with Crippen molar-refractivity contribution in [2.24, 2.45) is 0 Å². The van der Waals surface area contributed by atoms with Crippen LogP contribution in [0.15, 0.2) is 60.7 Å². The van der Waals surface area contributed by atoms with E-state index in [4.69, 9.17) is 4.74 Å². The molecular formula is C29H32N4O7. The van der Waals surface area contributed by atoms with Gasteiger partial charge in [-0.2, -0.15) is 0 Å². The van der Waals surface area contributed by atoms with E-state index in [2.05, 4.69) is 10.6 Å². The summed E-state index contributed by atoms with van der Waals surface area (Å²) in [7, 11) is 0. The molecule has 11 nitrogen and oxygen atoms in total. The lowest BCUT2D eigenvalue weighted by atomic mass is 9.93. The highest BCUT2D eigenvalue weighted by atomic mass is 16.6. The third-order valence-corrected chi connectivity index (χ3v) is 7.65. The minimum Gasteiger partial charge on any atom is -0.434 e. The SMILES string of the molecule is O=C1CC(NC(=O)[C@@H]2CN(C(=O)c3ccccc3)C[C@@H]3CCCC[C@H](NC(=O)c4ccccc4)C(=O)N32)C(O)O1. The fourth-order valence-corrected chi connectivity index (χ4v) is 5.61. The molecule has 5 atom stereocenters. The van der Waals surface area contributed by atoms with Crippen LogP contribution in [-0.4, -0.2) is 88.1 Å². The van der Waals surface area contributed by atoms with Gasteiger partial charge >= 0.3 is 5.97 Å². The first-order chi connectivity index (χ1) is 19.3. The Morgan fingerprint density at radius 2 is 1.50 bits per heavy atom. The van der Waals surface area contributed by atoms with E-state index in [9.17, 15) is 29.1 Å². The fourth-order valence-electron chi connectivity index (χ4n) is 5.61. The second-order valence-corrected chi connectivity index (χ2v) is 10.4. The van der Waals surface area contributed by atoms with Gasteiger partial charge in [0.05, 0.1) is 19.0 Å². The van der Waals surface area contributed by atoms with Gasteiger partial charge in [0.25, 0.3) is 11.8 Å². The Balaban J connectivity index is 1.42. The van der Waals surface area contributed by atoms with E-state index in [-0.39, 0.29) is 31.3 Å². The van der Waals surface area contributed by atoms with E-state index in [0.717, 1.165) is 6.42 Å². The highest BCUT2D eigenvalue weighted by molar-refractivity contribution is 5.99. The lowest BCUT2D eigenvalue weighted by Gasteiger charge is -2.48. The van der Waals surface area contributed by atoms with Crippen molar-refractivity contribution < 1.29 is 33.8 Å². The van der Waals surface area contributed by atoms with Crippen LogP contribution in [0.1, 0.15) is 52.8 Å². The van der Waals surface area contributed by atoms with Crippen LogP contribution in [0.2, 0.25) is 0 Å². The molecule has 3 aliphatic rings. The van der Waals surface area contributed by atoms with Gasteiger partial charge in [0.15, 0.2) is 0 Å². The molecule has 3 heterocycles. The smallest absolute Gasteiger partial charge is 0.310 e. The molecular weight excluding hydrogens is 516 g/mol. The number of piperazine rings is 1. The van der Waals surface area contributed by atoms with Crippen LogP contribution in [-0.2, 0) is 19.1 Å². The van der Waals surface area contributed by atoms with Crippen LogP contribution in [0.5, 0.6) is 0 Å². The number of cyclic esters (lactones) is 1. The van der Waals surface area contributed by atoms with Gasteiger partial charge in [-0.3, -0.25) is 24.0 Å². The molecule has 5 rings (SSSR count). The maximum atomic E-state index is 14.0. The summed E-state index contributed by atoms with van der Waals surface area (Å²) < 4.78 is 4.76. The van der Waals surface area contributed by atoms with Gasteiger partial charge in [-0.25, -0.2) is 0 Å². The number of esters is 1. The molecule has 11 heteroatoms. The van der Waals surface area contributed by atoms with Crippen molar-refractivity contribution in [1.29, 1.82) is 0 Å². The van der Waals surface area contributed by atoms with Crippen molar-refractivity contribution in [3.05, 3.63) is 71.8 Å². The molecule has 0 saturated carbocycles. The van der Waals surface area contributed by atoms with E-state index in [1.807, 2.05) is 0 Å². The molecule has 4 amide bonds. The zero-order valence-electron chi connectivity index (χ0n) is 21.9.